The number of ketones is 1. The summed E-state index contributed by atoms with van der Waals surface area (Å²) in [5, 5.41) is 4.71. The lowest BCUT2D eigenvalue weighted by molar-refractivity contribution is -0.156. The van der Waals surface area contributed by atoms with Crippen LogP contribution in [0.4, 0.5) is 4.79 Å². The molecule has 3 atom stereocenters. The molecule has 3 amide bonds. The zero-order valence-electron chi connectivity index (χ0n) is 14.5. The molecule has 0 aliphatic heterocycles. The van der Waals surface area contributed by atoms with E-state index in [2.05, 4.69) is 10.6 Å². The molecule has 0 aromatic heterocycles. The topological polar surface area (TPSA) is 102 Å². The second-order valence-electron chi connectivity index (χ2n) is 7.76. The Kier molecular flexibility index (Phi) is 5.62. The normalized spacial score (nSPS) is 26.5. The van der Waals surface area contributed by atoms with Gasteiger partial charge in [0.1, 0.15) is 5.78 Å². The molecule has 2 saturated carbocycles. The van der Waals surface area contributed by atoms with Crippen LogP contribution in [0.3, 0.4) is 0 Å². The molecule has 7 nitrogen and oxygen atoms in total. The quantitative estimate of drug-likeness (QED) is 0.760. The van der Waals surface area contributed by atoms with Gasteiger partial charge in [0.15, 0.2) is 6.61 Å². The van der Waals surface area contributed by atoms with Crippen LogP contribution in [0.1, 0.15) is 52.9 Å². The minimum atomic E-state index is -0.669. The molecule has 0 aromatic carbocycles. The molecule has 2 bridgehead atoms. The summed E-state index contributed by atoms with van der Waals surface area (Å²) in [5.74, 6) is -1.25. The van der Waals surface area contributed by atoms with E-state index in [0.29, 0.717) is 12.8 Å². The first-order valence-corrected chi connectivity index (χ1v) is 8.48. The van der Waals surface area contributed by atoms with E-state index in [1.54, 1.807) is 20.8 Å². The van der Waals surface area contributed by atoms with Gasteiger partial charge in [-0.25, -0.2) is 4.79 Å². The fraction of sp³-hybridized carbons (Fsp3) is 0.765. The fourth-order valence-corrected chi connectivity index (χ4v) is 3.46. The second kappa shape index (κ2) is 7.32. The number of rotatable bonds is 3. The molecule has 0 spiro atoms. The van der Waals surface area contributed by atoms with Crippen molar-refractivity contribution < 1.29 is 23.9 Å². The van der Waals surface area contributed by atoms with E-state index in [1.165, 1.54) is 0 Å². The molecule has 24 heavy (non-hydrogen) atoms. The number of hydrogen-bond donors (Lipinski definition) is 2. The summed E-state index contributed by atoms with van der Waals surface area (Å²) in [7, 11) is 0. The maximum atomic E-state index is 12.1. The van der Waals surface area contributed by atoms with Gasteiger partial charge in [-0.3, -0.25) is 19.7 Å². The minimum Gasteiger partial charge on any atom is -0.455 e. The summed E-state index contributed by atoms with van der Waals surface area (Å²) in [6.45, 7) is 4.88. The van der Waals surface area contributed by atoms with Gasteiger partial charge >= 0.3 is 12.0 Å². The predicted molar refractivity (Wildman–Crippen MR) is 85.9 cm³/mol. The summed E-state index contributed by atoms with van der Waals surface area (Å²) in [5.41, 5.74) is -0.465. The van der Waals surface area contributed by atoms with Gasteiger partial charge in [0, 0.05) is 17.4 Å². The third-order valence-electron chi connectivity index (χ3n) is 4.47. The summed E-state index contributed by atoms with van der Waals surface area (Å²) < 4.78 is 5.03. The number of urea groups is 1. The van der Waals surface area contributed by atoms with Crippen LogP contribution < -0.4 is 10.6 Å². The third-order valence-corrected chi connectivity index (χ3v) is 4.47. The average Bonchev–Trinajstić information content (AvgIpc) is 2.42. The first kappa shape index (κ1) is 18.4. The minimum absolute atomic E-state index is 0.0403. The first-order valence-electron chi connectivity index (χ1n) is 8.48. The molecule has 1 unspecified atom stereocenters. The van der Waals surface area contributed by atoms with Crippen molar-refractivity contribution in [1.29, 1.82) is 0 Å². The van der Waals surface area contributed by atoms with Crippen molar-refractivity contribution in [2.75, 3.05) is 6.61 Å². The van der Waals surface area contributed by atoms with Crippen molar-refractivity contribution in [1.82, 2.24) is 10.6 Å². The van der Waals surface area contributed by atoms with E-state index in [0.717, 1.165) is 19.3 Å². The van der Waals surface area contributed by atoms with Gasteiger partial charge in [-0.05, 0) is 46.5 Å². The Hall–Kier alpha value is -1.92. The summed E-state index contributed by atoms with van der Waals surface area (Å²) in [6, 6.07) is -0.624. The van der Waals surface area contributed by atoms with E-state index in [9.17, 15) is 19.2 Å². The van der Waals surface area contributed by atoms with Gasteiger partial charge in [0.25, 0.3) is 5.91 Å². The fourth-order valence-electron chi connectivity index (χ4n) is 3.46. The largest absolute Gasteiger partial charge is 0.455 e. The molecule has 2 aliphatic carbocycles. The lowest BCUT2D eigenvalue weighted by atomic mass is 9.67. The Bertz CT molecular complexity index is 522. The molecule has 2 fully saturated rings. The van der Waals surface area contributed by atoms with E-state index >= 15 is 0 Å². The smallest absolute Gasteiger partial charge is 0.321 e. The molecule has 0 saturated heterocycles. The first-order chi connectivity index (χ1) is 11.2. The van der Waals surface area contributed by atoms with Gasteiger partial charge in [0.2, 0.25) is 0 Å². The van der Waals surface area contributed by atoms with Crippen LogP contribution in [0.5, 0.6) is 0 Å². The van der Waals surface area contributed by atoms with E-state index in [4.69, 9.17) is 4.74 Å². The number of Topliss-reactive ketones (excluding diaryl/α,β-unsaturated/α-hetero) is 1. The number of fused-ring (bicyclic) bond motifs is 2. The summed E-state index contributed by atoms with van der Waals surface area (Å²) >= 11 is 0. The number of nitrogens with one attached hydrogen (secondary N) is 2. The van der Waals surface area contributed by atoms with Crippen molar-refractivity contribution in [2.45, 2.75) is 58.4 Å². The van der Waals surface area contributed by atoms with Gasteiger partial charge in [0.05, 0.1) is 5.92 Å². The van der Waals surface area contributed by atoms with Crippen molar-refractivity contribution in [3.63, 3.8) is 0 Å². The number of carbonyl (C=O) groups is 4. The maximum absolute atomic E-state index is 12.1. The van der Waals surface area contributed by atoms with Crippen LogP contribution in [-0.2, 0) is 19.1 Å². The number of esters is 1. The summed E-state index contributed by atoms with van der Waals surface area (Å²) in [4.78, 5) is 47.4. The van der Waals surface area contributed by atoms with Crippen molar-refractivity contribution in [2.24, 2.45) is 17.8 Å². The highest BCUT2D eigenvalue weighted by Crippen LogP contribution is 2.40. The molecule has 7 heteroatoms. The monoisotopic (exact) mass is 338 g/mol. The van der Waals surface area contributed by atoms with Crippen molar-refractivity contribution in [3.05, 3.63) is 0 Å². The molecule has 0 aromatic rings. The van der Waals surface area contributed by atoms with Crippen molar-refractivity contribution >= 4 is 23.7 Å². The van der Waals surface area contributed by atoms with Crippen LogP contribution in [0.25, 0.3) is 0 Å². The van der Waals surface area contributed by atoms with Crippen LogP contribution in [0.2, 0.25) is 0 Å². The standard InChI is InChI=1S/C17H26N2O5/c1-17(2,3)19-16(23)18-13(20)9-24-15(22)12-7-10-5-4-6-11(8-12)14(10)21/h10-12H,4-9H2,1-3H3,(H2,18,19,20,23)/t10-,11+,12?. The Morgan fingerprint density at radius 3 is 2.25 bits per heavy atom. The zero-order valence-corrected chi connectivity index (χ0v) is 14.5. The highest BCUT2D eigenvalue weighted by Gasteiger charge is 2.41. The number of ether oxygens (including phenoxy) is 1. The number of hydrogen-bond acceptors (Lipinski definition) is 5. The lowest BCUT2D eigenvalue weighted by Gasteiger charge is -2.36. The Labute approximate surface area is 141 Å². The highest BCUT2D eigenvalue weighted by molar-refractivity contribution is 5.96. The van der Waals surface area contributed by atoms with E-state index in [-0.39, 0.29) is 23.5 Å². The zero-order chi connectivity index (χ0) is 17.9. The van der Waals surface area contributed by atoms with Gasteiger partial charge in [-0.2, -0.15) is 0 Å². The molecule has 0 heterocycles. The Balaban J connectivity index is 1.76. The molecular weight excluding hydrogens is 312 g/mol. The Morgan fingerprint density at radius 2 is 1.71 bits per heavy atom. The third kappa shape index (κ3) is 5.04. The molecule has 0 radical (unpaired) electrons. The van der Waals surface area contributed by atoms with Gasteiger partial charge in [-0.1, -0.05) is 6.42 Å². The lowest BCUT2D eigenvalue weighted by Crippen LogP contribution is -2.49. The molecule has 2 aliphatic rings. The molecule has 2 N–H and O–H groups in total. The van der Waals surface area contributed by atoms with Crippen LogP contribution >= 0.6 is 0 Å². The molecular formula is C17H26N2O5. The van der Waals surface area contributed by atoms with Crippen LogP contribution in [-0.4, -0.2) is 35.8 Å². The molecule has 134 valence electrons. The maximum Gasteiger partial charge on any atom is 0.321 e. The Morgan fingerprint density at radius 1 is 1.12 bits per heavy atom. The summed E-state index contributed by atoms with van der Waals surface area (Å²) in [6.07, 6.45) is 3.74. The number of carbonyl (C=O) groups excluding carboxylic acids is 4. The number of amides is 3. The average molecular weight is 338 g/mol. The van der Waals surface area contributed by atoms with Crippen molar-refractivity contribution in [3.8, 4) is 0 Å². The van der Waals surface area contributed by atoms with E-state index < -0.39 is 30.1 Å². The van der Waals surface area contributed by atoms with Gasteiger partial charge in [-0.15, -0.1) is 0 Å². The van der Waals surface area contributed by atoms with E-state index in [1.807, 2.05) is 0 Å². The van der Waals surface area contributed by atoms with Crippen LogP contribution in [0.15, 0.2) is 0 Å². The predicted octanol–water partition coefficient (Wildman–Crippen LogP) is 1.55. The van der Waals surface area contributed by atoms with Gasteiger partial charge < -0.3 is 10.1 Å². The highest BCUT2D eigenvalue weighted by atomic mass is 16.5. The number of imide groups is 1. The molecule has 2 rings (SSSR count). The second-order valence-corrected chi connectivity index (χ2v) is 7.76. The SMILES string of the molecule is CC(C)(C)NC(=O)NC(=O)COC(=O)C1C[C@H]2CCC[C@@H](C1)C2=O. The van der Waals surface area contributed by atoms with Crippen LogP contribution in [0, 0.1) is 17.8 Å².